The Morgan fingerprint density at radius 1 is 1.15 bits per heavy atom. The fraction of sp³-hybridized carbons (Fsp3) is 0.393. The monoisotopic (exact) mass is 552 g/mol. The van der Waals surface area contributed by atoms with Gasteiger partial charge in [-0.15, -0.1) is 0 Å². The van der Waals surface area contributed by atoms with Crippen molar-refractivity contribution in [1.82, 2.24) is 9.47 Å². The molecular weight excluding hydrogens is 520 g/mol. The molecule has 1 aromatic carbocycles. The lowest BCUT2D eigenvalue weighted by atomic mass is 9.95. The molecule has 0 radical (unpaired) electrons. The molecule has 2 aliphatic rings. The van der Waals surface area contributed by atoms with E-state index in [0.29, 0.717) is 37.9 Å². The third-order valence-corrected chi connectivity index (χ3v) is 7.94. The number of fused-ring (bicyclic) bond motifs is 1. The Morgan fingerprint density at radius 2 is 1.92 bits per heavy atom. The van der Waals surface area contributed by atoms with Gasteiger partial charge in [0.1, 0.15) is 23.3 Å². The summed E-state index contributed by atoms with van der Waals surface area (Å²) in [6.45, 7) is 7.38. The van der Waals surface area contributed by atoms with Crippen molar-refractivity contribution in [3.8, 4) is 11.5 Å². The standard InChI is InChI=1S/C28H32N4O6S/c1-6-37-27(34)24-17(2)29-28-32(25(24)20-9-7-18(35-4)15-21(20)36-5)26(33)22(39-28)16-19-8-10-23(38-19)31-13-11-30(3)12-14-31/h7-10,15-16,25H,6,11-14H2,1-5H3/b22-16+/t25-/m1/s1. The second kappa shape index (κ2) is 11.1. The van der Waals surface area contributed by atoms with Crippen LogP contribution in [0.15, 0.2) is 55.8 Å². The van der Waals surface area contributed by atoms with Crippen molar-refractivity contribution in [2.24, 2.45) is 4.99 Å². The minimum Gasteiger partial charge on any atom is -0.497 e. The Hall–Kier alpha value is -3.83. The summed E-state index contributed by atoms with van der Waals surface area (Å²) in [5.74, 6) is 1.90. The van der Waals surface area contributed by atoms with E-state index < -0.39 is 12.0 Å². The molecule has 0 spiro atoms. The maximum atomic E-state index is 13.9. The van der Waals surface area contributed by atoms with Crippen LogP contribution in [0.3, 0.4) is 0 Å². The summed E-state index contributed by atoms with van der Waals surface area (Å²) in [5, 5.41) is 0. The smallest absolute Gasteiger partial charge is 0.338 e. The lowest BCUT2D eigenvalue weighted by Gasteiger charge is -2.32. The predicted octanol–water partition coefficient (Wildman–Crippen LogP) is 2.16. The number of hydrogen-bond donors (Lipinski definition) is 0. The van der Waals surface area contributed by atoms with Crippen LogP contribution < -0.4 is 29.3 Å². The summed E-state index contributed by atoms with van der Waals surface area (Å²) in [7, 11) is 5.21. The molecule has 5 rings (SSSR count). The Balaban J connectivity index is 1.62. The highest BCUT2D eigenvalue weighted by atomic mass is 32.1. The van der Waals surface area contributed by atoms with Crippen molar-refractivity contribution in [3.63, 3.8) is 0 Å². The second-order valence-electron chi connectivity index (χ2n) is 9.38. The molecule has 0 unspecified atom stereocenters. The zero-order valence-corrected chi connectivity index (χ0v) is 23.5. The van der Waals surface area contributed by atoms with Gasteiger partial charge < -0.3 is 28.4 Å². The van der Waals surface area contributed by atoms with Crippen LogP contribution >= 0.6 is 11.3 Å². The van der Waals surface area contributed by atoms with Gasteiger partial charge in [-0.1, -0.05) is 11.3 Å². The minimum atomic E-state index is -0.791. The van der Waals surface area contributed by atoms with E-state index >= 15 is 0 Å². The van der Waals surface area contributed by atoms with Crippen LogP contribution in [0, 0.1) is 0 Å². The number of nitrogens with zero attached hydrogens (tertiary/aromatic N) is 4. The Kier molecular flexibility index (Phi) is 7.62. The molecule has 0 saturated carbocycles. The molecule has 0 aliphatic carbocycles. The number of esters is 1. The summed E-state index contributed by atoms with van der Waals surface area (Å²) in [6.07, 6.45) is 1.73. The molecule has 39 heavy (non-hydrogen) atoms. The minimum absolute atomic E-state index is 0.195. The average molecular weight is 553 g/mol. The molecule has 0 amide bonds. The zero-order valence-electron chi connectivity index (χ0n) is 22.7. The van der Waals surface area contributed by atoms with E-state index in [1.54, 1.807) is 45.2 Å². The number of ether oxygens (including phenoxy) is 3. The van der Waals surface area contributed by atoms with Gasteiger partial charge >= 0.3 is 5.97 Å². The largest absolute Gasteiger partial charge is 0.497 e. The number of piperazine rings is 1. The number of anilines is 1. The molecule has 206 valence electrons. The number of allylic oxidation sites excluding steroid dienone is 1. The first-order valence-corrected chi connectivity index (χ1v) is 13.6. The number of aromatic nitrogens is 1. The van der Waals surface area contributed by atoms with E-state index in [1.165, 1.54) is 23.0 Å². The van der Waals surface area contributed by atoms with Gasteiger partial charge in [-0.05, 0) is 39.1 Å². The van der Waals surface area contributed by atoms with Gasteiger partial charge in [0, 0.05) is 50.0 Å². The van der Waals surface area contributed by atoms with Gasteiger partial charge in [-0.3, -0.25) is 9.36 Å². The normalized spacial score (nSPS) is 18.1. The molecule has 1 fully saturated rings. The van der Waals surface area contributed by atoms with Crippen LogP contribution in [-0.4, -0.2) is 69.5 Å². The molecule has 1 atom stereocenters. The molecule has 11 heteroatoms. The number of furan rings is 1. The summed E-state index contributed by atoms with van der Waals surface area (Å²) in [5.41, 5.74) is 1.11. The fourth-order valence-electron chi connectivity index (χ4n) is 4.88. The molecule has 0 bridgehead atoms. The number of benzene rings is 1. The number of hydrogen-bond acceptors (Lipinski definition) is 10. The highest BCUT2D eigenvalue weighted by molar-refractivity contribution is 7.07. The van der Waals surface area contributed by atoms with Crippen molar-refractivity contribution in [1.29, 1.82) is 0 Å². The molecule has 1 saturated heterocycles. The van der Waals surface area contributed by atoms with Gasteiger partial charge in [-0.25, -0.2) is 9.79 Å². The maximum absolute atomic E-state index is 13.9. The van der Waals surface area contributed by atoms with Crippen LogP contribution in [0.25, 0.3) is 6.08 Å². The highest BCUT2D eigenvalue weighted by Gasteiger charge is 2.35. The van der Waals surface area contributed by atoms with E-state index in [-0.39, 0.29) is 17.7 Å². The van der Waals surface area contributed by atoms with Crippen molar-refractivity contribution < 1.29 is 23.4 Å². The van der Waals surface area contributed by atoms with Gasteiger partial charge in [-0.2, -0.15) is 0 Å². The Bertz CT molecular complexity index is 1590. The first kappa shape index (κ1) is 26.8. The maximum Gasteiger partial charge on any atom is 0.338 e. The Labute approximate surface area is 230 Å². The number of likely N-dealkylation sites (N-methyl/N-ethyl adjacent to an activating group) is 1. The highest BCUT2D eigenvalue weighted by Crippen LogP contribution is 2.37. The van der Waals surface area contributed by atoms with Crippen LogP contribution in [0.5, 0.6) is 11.5 Å². The van der Waals surface area contributed by atoms with Crippen LogP contribution in [-0.2, 0) is 9.53 Å². The van der Waals surface area contributed by atoms with Gasteiger partial charge in [0.15, 0.2) is 10.7 Å². The van der Waals surface area contributed by atoms with Crippen molar-refractivity contribution in [2.75, 3.05) is 59.0 Å². The third-order valence-electron chi connectivity index (χ3n) is 6.95. The number of carbonyl (C=O) groups is 1. The first-order chi connectivity index (χ1) is 18.8. The van der Waals surface area contributed by atoms with Crippen LogP contribution in [0.2, 0.25) is 0 Å². The second-order valence-corrected chi connectivity index (χ2v) is 10.4. The molecule has 2 aliphatic heterocycles. The van der Waals surface area contributed by atoms with E-state index in [1.807, 2.05) is 12.1 Å². The Morgan fingerprint density at radius 3 is 2.62 bits per heavy atom. The average Bonchev–Trinajstić information content (AvgIpc) is 3.52. The van der Waals surface area contributed by atoms with Crippen molar-refractivity contribution in [3.05, 3.63) is 72.6 Å². The van der Waals surface area contributed by atoms with E-state index in [2.05, 4.69) is 21.8 Å². The van der Waals surface area contributed by atoms with Crippen molar-refractivity contribution >= 4 is 29.3 Å². The molecule has 0 N–H and O–H groups in total. The quantitative estimate of drug-likeness (QED) is 0.412. The van der Waals surface area contributed by atoms with Gasteiger partial charge in [0.25, 0.3) is 5.56 Å². The number of carbonyl (C=O) groups excluding carboxylic acids is 1. The molecule has 10 nitrogen and oxygen atoms in total. The van der Waals surface area contributed by atoms with Crippen LogP contribution in [0.1, 0.15) is 31.2 Å². The first-order valence-electron chi connectivity index (χ1n) is 12.8. The van der Waals surface area contributed by atoms with Gasteiger partial charge in [0.05, 0.1) is 36.6 Å². The molecular formula is C28H32N4O6S. The summed E-state index contributed by atoms with van der Waals surface area (Å²) in [4.78, 5) is 36.6. The van der Waals surface area contributed by atoms with Crippen LogP contribution in [0.4, 0.5) is 5.88 Å². The summed E-state index contributed by atoms with van der Waals surface area (Å²) < 4.78 is 24.5. The summed E-state index contributed by atoms with van der Waals surface area (Å²) in [6, 6.07) is 8.31. The fourth-order valence-corrected chi connectivity index (χ4v) is 5.90. The van der Waals surface area contributed by atoms with E-state index in [4.69, 9.17) is 18.6 Å². The van der Waals surface area contributed by atoms with E-state index in [0.717, 1.165) is 32.1 Å². The SMILES string of the molecule is CCOC(=O)C1=C(C)N=c2s/c(=C/c3ccc(N4CCN(C)CC4)o3)c(=O)n2[C@@H]1c1ccc(OC)cc1OC. The molecule has 3 aromatic rings. The van der Waals surface area contributed by atoms with Crippen molar-refractivity contribution in [2.45, 2.75) is 19.9 Å². The predicted molar refractivity (Wildman–Crippen MR) is 148 cm³/mol. The number of rotatable bonds is 7. The zero-order chi connectivity index (χ0) is 27.7. The third kappa shape index (κ3) is 5.11. The van der Waals surface area contributed by atoms with Gasteiger partial charge in [0.2, 0.25) is 0 Å². The summed E-state index contributed by atoms with van der Waals surface area (Å²) >= 11 is 1.25. The number of methoxy groups -OCH3 is 2. The van der Waals surface area contributed by atoms with E-state index in [9.17, 15) is 9.59 Å². The molecule has 4 heterocycles. The lowest BCUT2D eigenvalue weighted by molar-refractivity contribution is -0.139. The lowest BCUT2D eigenvalue weighted by Crippen LogP contribution is -2.44. The topological polar surface area (TPSA) is 98.7 Å². The number of thiazole rings is 1. The molecule has 2 aromatic heterocycles.